The summed E-state index contributed by atoms with van der Waals surface area (Å²) in [7, 11) is 0. The Morgan fingerprint density at radius 2 is 0.469 bits per heavy atom. The zero-order valence-corrected chi connectivity index (χ0v) is 74.6. The van der Waals surface area contributed by atoms with Crippen molar-refractivity contribution in [1.29, 1.82) is 0 Å². The molecule has 6 heteroatoms. The van der Waals surface area contributed by atoms with Gasteiger partial charge in [0, 0.05) is 33.2 Å². The number of para-hydroxylation sites is 2. The van der Waals surface area contributed by atoms with Gasteiger partial charge in [0.2, 0.25) is 13.4 Å². The van der Waals surface area contributed by atoms with Crippen molar-refractivity contribution < 1.29 is 8.78 Å². The molecule has 2 nitrogen and oxygen atoms in total. The molecule has 0 aliphatic heterocycles. The van der Waals surface area contributed by atoms with E-state index in [1.807, 2.05) is 121 Å². The fourth-order valence-corrected chi connectivity index (χ4v) is 21.8. The molecular weight excluding hydrogens is 1550 g/mol. The van der Waals surface area contributed by atoms with E-state index >= 15 is 8.78 Å². The number of anilines is 6. The van der Waals surface area contributed by atoms with Crippen LogP contribution >= 0.6 is 0 Å². The zero-order chi connectivity index (χ0) is 87.9. The molecule has 21 aromatic rings. The predicted octanol–water partition coefficient (Wildman–Crippen LogP) is 29.5. The summed E-state index contributed by atoms with van der Waals surface area (Å²) >= 11 is 0. The highest BCUT2D eigenvalue weighted by atomic mass is 19.1. The Kier molecular flexibility index (Phi) is 21.5. The smallest absolute Gasteiger partial charge is 0.243 e. The molecule has 0 radical (unpaired) electrons. The number of nitrogens with zero attached hydrogens (tertiary/aromatic N) is 2. The van der Waals surface area contributed by atoms with Crippen LogP contribution in [0.3, 0.4) is 0 Å². The normalized spacial score (nSPS) is 11.5. The van der Waals surface area contributed by atoms with Crippen LogP contribution in [0.4, 0.5) is 42.9 Å². The van der Waals surface area contributed by atoms with Crippen molar-refractivity contribution in [3.05, 3.63) is 455 Å². The van der Waals surface area contributed by atoms with Crippen molar-refractivity contribution in [2.45, 2.75) is 83.1 Å². The third-order valence-electron chi connectivity index (χ3n) is 26.8. The van der Waals surface area contributed by atoms with Crippen LogP contribution in [0.2, 0.25) is 0 Å². The summed E-state index contributed by atoms with van der Waals surface area (Å²) in [5.74, 6) is -0.584. The van der Waals surface area contributed by atoms with Crippen LogP contribution in [-0.2, 0) is 0 Å². The summed E-state index contributed by atoms with van der Waals surface area (Å²) in [5.41, 5.74) is 37.4. The topological polar surface area (TPSA) is 6.48 Å². The van der Waals surface area contributed by atoms with Gasteiger partial charge in [-0.25, -0.2) is 8.78 Å². The van der Waals surface area contributed by atoms with Gasteiger partial charge >= 0.3 is 0 Å². The largest absolute Gasteiger partial charge is 0.307 e. The monoisotopic (exact) mass is 1650 g/mol. The number of rotatable bonds is 17. The summed E-state index contributed by atoms with van der Waals surface area (Å²) < 4.78 is 35.5. The quantitative estimate of drug-likeness (QED) is 0.0662. The van der Waals surface area contributed by atoms with E-state index in [0.29, 0.717) is 11.4 Å². The van der Waals surface area contributed by atoms with Gasteiger partial charge in [-0.2, -0.15) is 0 Å². The van der Waals surface area contributed by atoms with Gasteiger partial charge in [0.15, 0.2) is 0 Å². The molecule has 21 aromatic carbocycles. The van der Waals surface area contributed by atoms with Gasteiger partial charge in [0.05, 0.1) is 28.4 Å². The van der Waals surface area contributed by atoms with Crippen molar-refractivity contribution in [1.82, 2.24) is 0 Å². The van der Waals surface area contributed by atoms with Gasteiger partial charge in [0.1, 0.15) is 11.6 Å². The summed E-state index contributed by atoms with van der Waals surface area (Å²) in [6, 6.07) is 133. The highest BCUT2D eigenvalue weighted by Gasteiger charge is 2.36. The molecule has 21 rings (SSSR count). The minimum absolute atomic E-state index is 0.00476. The fraction of sp³-hybridized carbons (Fsp3) is 0.0984. The van der Waals surface area contributed by atoms with E-state index in [-0.39, 0.29) is 25.1 Å². The first-order valence-electron chi connectivity index (χ1n) is 44.7. The van der Waals surface area contributed by atoms with Gasteiger partial charge < -0.3 is 9.80 Å². The Bertz CT molecular complexity index is 7640. The van der Waals surface area contributed by atoms with Crippen molar-refractivity contribution in [2.75, 3.05) is 9.80 Å². The van der Waals surface area contributed by atoms with Crippen LogP contribution in [0, 0.1) is 94.7 Å². The molecule has 0 aliphatic carbocycles. The summed E-state index contributed by atoms with van der Waals surface area (Å²) in [5, 5.41) is 14.1. The molecule has 0 spiro atoms. The minimum atomic E-state index is -0.299. The maximum absolute atomic E-state index is 18.0. The first-order valence-corrected chi connectivity index (χ1v) is 44.7. The molecule has 0 bridgehead atoms. The Morgan fingerprint density at radius 3 is 0.820 bits per heavy atom. The Balaban J connectivity index is 0.000000161. The molecule has 0 fully saturated rings. The predicted molar refractivity (Wildman–Crippen MR) is 549 cm³/mol. The van der Waals surface area contributed by atoms with Crippen LogP contribution in [0.15, 0.2) is 376 Å². The van der Waals surface area contributed by atoms with E-state index in [1.54, 1.807) is 12.1 Å². The van der Waals surface area contributed by atoms with E-state index in [0.717, 1.165) is 99.9 Å². The maximum atomic E-state index is 18.0. The van der Waals surface area contributed by atoms with E-state index in [9.17, 15) is 0 Å². The molecular formula is C122H98B2F2N2. The molecule has 0 aliphatic rings. The molecule has 0 saturated carbocycles. The molecule has 0 saturated heterocycles. The number of halogens is 2. The minimum Gasteiger partial charge on any atom is -0.307 e. The van der Waals surface area contributed by atoms with Gasteiger partial charge in [-0.15, -0.1) is 0 Å². The Labute approximate surface area is 751 Å². The third-order valence-corrected chi connectivity index (χ3v) is 26.8. The highest BCUT2D eigenvalue weighted by Crippen LogP contribution is 2.53. The zero-order valence-electron chi connectivity index (χ0n) is 74.6. The second-order valence-corrected chi connectivity index (χ2v) is 35.5. The van der Waals surface area contributed by atoms with Gasteiger partial charge in [-0.05, 0) is 230 Å². The second-order valence-electron chi connectivity index (χ2n) is 35.5. The molecule has 0 unspecified atom stereocenters. The highest BCUT2D eigenvalue weighted by molar-refractivity contribution is 6.98. The summed E-state index contributed by atoms with van der Waals surface area (Å²) in [6.07, 6.45) is 0. The van der Waals surface area contributed by atoms with Crippen molar-refractivity contribution >= 4 is 145 Å². The van der Waals surface area contributed by atoms with Gasteiger partial charge in [-0.1, -0.05) is 421 Å². The molecule has 0 aromatic heterocycles. The molecule has 0 heterocycles. The first kappa shape index (κ1) is 81.6. The third kappa shape index (κ3) is 14.6. The summed E-state index contributed by atoms with van der Waals surface area (Å²) in [4.78, 5) is 4.34. The number of hydrogen-bond acceptors (Lipinski definition) is 2. The molecule has 0 atom stereocenters. The van der Waals surface area contributed by atoms with Gasteiger partial charge in [0.25, 0.3) is 0 Å². The number of benzene rings is 21. The fourth-order valence-electron chi connectivity index (χ4n) is 21.8. The van der Waals surface area contributed by atoms with Crippen LogP contribution in [0.25, 0.3) is 120 Å². The van der Waals surface area contributed by atoms with Crippen molar-refractivity contribution in [2.24, 2.45) is 0 Å². The first-order chi connectivity index (χ1) is 62.3. The molecule has 0 amide bonds. The lowest BCUT2D eigenvalue weighted by Crippen LogP contribution is -2.56. The summed E-state index contributed by atoms with van der Waals surface area (Å²) in [6.45, 7) is 27.0. The van der Waals surface area contributed by atoms with E-state index in [1.165, 1.54) is 143 Å². The van der Waals surface area contributed by atoms with E-state index in [2.05, 4.69) is 336 Å². The lowest BCUT2D eigenvalue weighted by atomic mass is 9.33. The second kappa shape index (κ2) is 33.7. The van der Waals surface area contributed by atoms with E-state index in [4.69, 9.17) is 0 Å². The number of hydrogen-bond donors (Lipinski definition) is 0. The Hall–Kier alpha value is -14.7. The molecule has 128 heavy (non-hydrogen) atoms. The maximum Gasteiger partial charge on any atom is 0.243 e. The average molecular weight is 1650 g/mol. The van der Waals surface area contributed by atoms with Gasteiger partial charge in [-0.3, -0.25) is 0 Å². The standard InChI is InChI=1S/C64H51BFN.C58H47BFN/c1-40-34-42(3)62(43(4)35-40)65(63-44(5)36-41(2)37-45(63)6)56-32-28-49-27-31-54-59(33-29-50-26-30-53(56)60(49)61(50)54)67(58-25-17-16-24-52(58)47-20-12-8-13-21-47)64-55(48-22-14-9-15-23-48)38-51(39-57(64)66)46-18-10-7-11-19-46;1-36-30-38(3)56(39(4)31-36)59(57-40(5)32-37(2)33-41(57)6)51-28-24-44-23-27-49-53(29-25-45-22-26-48(51)54(44)55(45)49)61(47-20-14-9-15-21-47)58-50(43-18-12-8-13-19-43)34-46(35-52(58)60)42-16-10-7-11-17-42/h7-39H,1-6H3;7-35H,1-6H3. The average Bonchev–Trinajstić information content (AvgIpc) is 0.719. The lowest BCUT2D eigenvalue weighted by molar-refractivity contribution is 0.629. The van der Waals surface area contributed by atoms with Crippen LogP contribution in [-0.4, -0.2) is 13.4 Å². The van der Waals surface area contributed by atoms with Crippen LogP contribution in [0.1, 0.15) is 66.8 Å². The SMILES string of the molecule is Cc1cc(C)c(B(c2c(C)cc(C)cc2C)c2ccc3ccc4c(N(c5ccccc5)c5c(F)cc(-c6ccccc6)cc5-c5ccccc5)ccc5ccc2c3c54)c(C)c1.Cc1cc(C)c(B(c2c(C)cc(C)cc2C)c2ccc3ccc4c(N(c5ccccc5-c5ccccc5)c5c(F)cc(-c6ccccc6)cc5-c5ccccc5)ccc5ccc2c3c54)c(C)c1. The van der Waals surface area contributed by atoms with Crippen LogP contribution < -0.4 is 42.6 Å². The van der Waals surface area contributed by atoms with Crippen molar-refractivity contribution in [3.8, 4) is 55.6 Å². The molecule has 616 valence electrons. The Morgan fingerprint density at radius 1 is 0.203 bits per heavy atom. The van der Waals surface area contributed by atoms with E-state index < -0.39 is 0 Å². The number of aryl methyl sites for hydroxylation is 12. The lowest BCUT2D eigenvalue weighted by Gasteiger charge is -2.32. The van der Waals surface area contributed by atoms with Crippen molar-refractivity contribution in [3.63, 3.8) is 0 Å². The molecule has 0 N–H and O–H groups in total. The van der Waals surface area contributed by atoms with Crippen LogP contribution in [0.5, 0.6) is 0 Å².